The third-order valence-corrected chi connectivity index (χ3v) is 4.22. The van der Waals surface area contributed by atoms with Gasteiger partial charge in [0, 0.05) is 25.2 Å². The van der Waals surface area contributed by atoms with Crippen molar-refractivity contribution in [2.24, 2.45) is 0 Å². The van der Waals surface area contributed by atoms with Gasteiger partial charge in [0.1, 0.15) is 0 Å². The van der Waals surface area contributed by atoms with Gasteiger partial charge in [-0.1, -0.05) is 38.5 Å². The van der Waals surface area contributed by atoms with Crippen molar-refractivity contribution in [2.75, 3.05) is 26.2 Å². The Morgan fingerprint density at radius 1 is 1.29 bits per heavy atom. The number of hydrogen-bond donors (Lipinski definition) is 1. The molecule has 1 N–H and O–H groups in total. The minimum atomic E-state index is -0.450. The normalized spacial score (nSPS) is 22.4. The third kappa shape index (κ3) is 3.83. The summed E-state index contributed by atoms with van der Waals surface area (Å²) < 4.78 is 0. The van der Waals surface area contributed by atoms with Crippen LogP contribution in [0.5, 0.6) is 0 Å². The number of nitrogens with zero attached hydrogens (tertiary/aromatic N) is 2. The van der Waals surface area contributed by atoms with Crippen LogP contribution in [0, 0.1) is 0 Å². The zero-order valence-electron chi connectivity index (χ0n) is 13.0. The number of unbranched alkanes of at least 4 members (excludes halogenated alkanes) is 1. The number of carbonyl (C=O) groups is 1. The monoisotopic (exact) mass is 290 g/mol. The quantitative estimate of drug-likeness (QED) is 0.871. The van der Waals surface area contributed by atoms with Crippen LogP contribution in [-0.2, 0) is 0 Å². The van der Waals surface area contributed by atoms with E-state index < -0.39 is 6.10 Å². The first kappa shape index (κ1) is 16.0. The number of β-amino-alcohol motifs (C(OH)–C–C–N with tert-alkyl or cyclic N) is 1. The van der Waals surface area contributed by atoms with Gasteiger partial charge in [0.05, 0.1) is 12.1 Å². The van der Waals surface area contributed by atoms with Gasteiger partial charge < -0.3 is 10.0 Å². The van der Waals surface area contributed by atoms with Crippen LogP contribution < -0.4 is 0 Å². The van der Waals surface area contributed by atoms with Crippen molar-refractivity contribution >= 4 is 5.91 Å². The maximum atomic E-state index is 12.8. The molecule has 4 nitrogen and oxygen atoms in total. The van der Waals surface area contributed by atoms with E-state index in [0.717, 1.165) is 25.9 Å². The summed E-state index contributed by atoms with van der Waals surface area (Å²) in [6, 6.07) is 9.28. The van der Waals surface area contributed by atoms with Gasteiger partial charge in [-0.2, -0.15) is 0 Å². The molecule has 21 heavy (non-hydrogen) atoms. The van der Waals surface area contributed by atoms with E-state index in [4.69, 9.17) is 0 Å². The first-order valence-electron chi connectivity index (χ1n) is 7.93. The SMILES string of the molecule is CCCCN(C(=O)c1ccccc1)[C@@H]1CN(CC)C[C@H]1O. The molecule has 0 unspecified atom stereocenters. The summed E-state index contributed by atoms with van der Waals surface area (Å²) in [6.45, 7) is 7.25. The Balaban J connectivity index is 2.16. The fourth-order valence-electron chi connectivity index (χ4n) is 2.90. The number of amides is 1. The Hall–Kier alpha value is -1.39. The smallest absolute Gasteiger partial charge is 0.254 e. The molecular formula is C17H26N2O2. The van der Waals surface area contributed by atoms with E-state index in [2.05, 4.69) is 18.7 Å². The molecule has 2 rings (SSSR count). The van der Waals surface area contributed by atoms with Gasteiger partial charge in [-0.3, -0.25) is 9.69 Å². The fourth-order valence-corrected chi connectivity index (χ4v) is 2.90. The highest BCUT2D eigenvalue weighted by atomic mass is 16.3. The minimum absolute atomic E-state index is 0.0334. The average Bonchev–Trinajstić information content (AvgIpc) is 2.89. The van der Waals surface area contributed by atoms with Crippen LogP contribution in [0.25, 0.3) is 0 Å². The molecule has 0 aliphatic carbocycles. The summed E-state index contributed by atoms with van der Waals surface area (Å²) in [5.74, 6) is 0.0334. The maximum absolute atomic E-state index is 12.8. The van der Waals surface area contributed by atoms with Crippen molar-refractivity contribution in [3.63, 3.8) is 0 Å². The van der Waals surface area contributed by atoms with Crippen molar-refractivity contribution in [2.45, 2.75) is 38.8 Å². The highest BCUT2D eigenvalue weighted by molar-refractivity contribution is 5.94. The number of carbonyl (C=O) groups excluding carboxylic acids is 1. The molecule has 4 heteroatoms. The third-order valence-electron chi connectivity index (χ3n) is 4.22. The molecule has 1 aromatic rings. The second-order valence-electron chi connectivity index (χ2n) is 5.71. The highest BCUT2D eigenvalue weighted by Gasteiger charge is 2.37. The van der Waals surface area contributed by atoms with Crippen molar-refractivity contribution in [3.8, 4) is 0 Å². The largest absolute Gasteiger partial charge is 0.390 e. The summed E-state index contributed by atoms with van der Waals surface area (Å²) >= 11 is 0. The number of likely N-dealkylation sites (N-methyl/N-ethyl adjacent to an activating group) is 1. The van der Waals surface area contributed by atoms with Crippen molar-refractivity contribution in [1.82, 2.24) is 9.80 Å². The highest BCUT2D eigenvalue weighted by Crippen LogP contribution is 2.19. The molecule has 1 fully saturated rings. The number of aliphatic hydroxyl groups excluding tert-OH is 1. The molecule has 0 aromatic heterocycles. The van der Waals surface area contributed by atoms with Crippen molar-refractivity contribution in [3.05, 3.63) is 35.9 Å². The van der Waals surface area contributed by atoms with E-state index in [1.807, 2.05) is 35.2 Å². The lowest BCUT2D eigenvalue weighted by molar-refractivity contribution is 0.0500. The molecule has 1 saturated heterocycles. The molecule has 1 heterocycles. The second kappa shape index (κ2) is 7.57. The predicted molar refractivity (Wildman–Crippen MR) is 84.3 cm³/mol. The number of rotatable bonds is 6. The number of aliphatic hydroxyl groups is 1. The van der Waals surface area contributed by atoms with Gasteiger partial charge in [0.25, 0.3) is 5.91 Å². The number of likely N-dealkylation sites (tertiary alicyclic amines) is 1. The van der Waals surface area contributed by atoms with E-state index in [-0.39, 0.29) is 11.9 Å². The topological polar surface area (TPSA) is 43.8 Å². The van der Waals surface area contributed by atoms with E-state index >= 15 is 0 Å². The zero-order chi connectivity index (χ0) is 15.2. The molecule has 0 saturated carbocycles. The molecule has 1 aliphatic heterocycles. The van der Waals surface area contributed by atoms with Crippen LogP contribution >= 0.6 is 0 Å². The molecule has 0 radical (unpaired) electrons. The zero-order valence-corrected chi connectivity index (χ0v) is 13.0. The predicted octanol–water partition coefficient (Wildman–Crippen LogP) is 1.99. The van der Waals surface area contributed by atoms with Gasteiger partial charge in [0.15, 0.2) is 0 Å². The van der Waals surface area contributed by atoms with Crippen LogP contribution in [0.2, 0.25) is 0 Å². The van der Waals surface area contributed by atoms with E-state index in [1.54, 1.807) is 0 Å². The van der Waals surface area contributed by atoms with Crippen LogP contribution in [0.3, 0.4) is 0 Å². The van der Waals surface area contributed by atoms with Crippen molar-refractivity contribution < 1.29 is 9.90 Å². The minimum Gasteiger partial charge on any atom is -0.390 e. The van der Waals surface area contributed by atoms with Gasteiger partial charge in [-0.15, -0.1) is 0 Å². The van der Waals surface area contributed by atoms with Crippen molar-refractivity contribution in [1.29, 1.82) is 0 Å². The van der Waals surface area contributed by atoms with Crippen LogP contribution in [0.4, 0.5) is 0 Å². The number of hydrogen-bond acceptors (Lipinski definition) is 3. The van der Waals surface area contributed by atoms with Gasteiger partial charge >= 0.3 is 0 Å². The first-order valence-corrected chi connectivity index (χ1v) is 7.93. The summed E-state index contributed by atoms with van der Waals surface area (Å²) in [4.78, 5) is 16.8. The average molecular weight is 290 g/mol. The molecule has 0 bridgehead atoms. The van der Waals surface area contributed by atoms with E-state index in [0.29, 0.717) is 18.7 Å². The molecular weight excluding hydrogens is 264 g/mol. The lowest BCUT2D eigenvalue weighted by Crippen LogP contribution is -2.47. The van der Waals surface area contributed by atoms with E-state index in [9.17, 15) is 9.90 Å². The lowest BCUT2D eigenvalue weighted by atomic mass is 10.1. The standard InChI is InChI=1S/C17H26N2O2/c1-3-5-11-19(15-12-18(4-2)13-16(15)20)17(21)14-9-7-6-8-10-14/h6-10,15-16,20H,3-5,11-13H2,1-2H3/t15-,16-/m1/s1. The maximum Gasteiger partial charge on any atom is 0.254 e. The Morgan fingerprint density at radius 2 is 2.00 bits per heavy atom. The Bertz CT molecular complexity index is 449. The van der Waals surface area contributed by atoms with Crippen LogP contribution in [0.1, 0.15) is 37.0 Å². The van der Waals surface area contributed by atoms with Gasteiger partial charge in [0.2, 0.25) is 0 Å². The van der Waals surface area contributed by atoms with Crippen LogP contribution in [-0.4, -0.2) is 59.1 Å². The van der Waals surface area contributed by atoms with Crippen LogP contribution in [0.15, 0.2) is 30.3 Å². The summed E-state index contributed by atoms with van der Waals surface area (Å²) in [5, 5.41) is 10.3. The van der Waals surface area contributed by atoms with E-state index in [1.165, 1.54) is 0 Å². The summed E-state index contributed by atoms with van der Waals surface area (Å²) in [6.07, 6.45) is 1.56. The molecule has 2 atom stereocenters. The Kier molecular flexibility index (Phi) is 5.76. The molecule has 1 amide bonds. The number of benzene rings is 1. The summed E-state index contributed by atoms with van der Waals surface area (Å²) in [7, 11) is 0. The molecule has 1 aliphatic rings. The molecule has 1 aromatic carbocycles. The lowest BCUT2D eigenvalue weighted by Gasteiger charge is -2.31. The Labute approximate surface area is 127 Å². The molecule has 116 valence electrons. The van der Waals surface area contributed by atoms with Gasteiger partial charge in [-0.25, -0.2) is 0 Å². The first-order chi connectivity index (χ1) is 10.2. The van der Waals surface area contributed by atoms with Gasteiger partial charge in [-0.05, 0) is 25.1 Å². The Morgan fingerprint density at radius 3 is 2.57 bits per heavy atom. The fraction of sp³-hybridized carbons (Fsp3) is 0.588. The second-order valence-corrected chi connectivity index (χ2v) is 5.71. The molecule has 0 spiro atoms. The summed E-state index contributed by atoms with van der Waals surface area (Å²) in [5.41, 5.74) is 0.704.